The minimum absolute atomic E-state index is 0.0403. The number of carbonyl (C=O) groups is 2. The smallest absolute Gasteiger partial charge is 0.311 e. The van der Waals surface area contributed by atoms with Crippen molar-refractivity contribution in [2.45, 2.75) is 92.2 Å². The average molecular weight is 373 g/mol. The van der Waals surface area contributed by atoms with Gasteiger partial charge in [0.05, 0.1) is 17.8 Å². The van der Waals surface area contributed by atoms with E-state index in [1.165, 1.54) is 13.2 Å². The van der Waals surface area contributed by atoms with Crippen LogP contribution in [0.15, 0.2) is 12.3 Å². The zero-order valence-electron chi connectivity index (χ0n) is 17.6. The summed E-state index contributed by atoms with van der Waals surface area (Å²) < 4.78 is 16.9. The molecule has 0 spiro atoms. The summed E-state index contributed by atoms with van der Waals surface area (Å²) in [7, 11) is -2.04. The first-order chi connectivity index (χ1) is 11.1. The normalized spacial score (nSPS) is 15.8. The Morgan fingerprint density at radius 1 is 1.08 bits per heavy atom. The summed E-state index contributed by atoms with van der Waals surface area (Å²) in [5, 5.41) is 0.0403. The highest BCUT2D eigenvalue weighted by Crippen LogP contribution is 2.38. The molecule has 0 radical (unpaired) electrons. The van der Waals surface area contributed by atoms with Crippen LogP contribution >= 0.6 is 0 Å². The molecule has 6 heteroatoms. The molecule has 0 aromatic rings. The van der Waals surface area contributed by atoms with Gasteiger partial charge in [0.1, 0.15) is 6.10 Å². The molecule has 0 bridgehead atoms. The first-order valence-electron chi connectivity index (χ1n) is 8.79. The van der Waals surface area contributed by atoms with Crippen molar-refractivity contribution in [3.8, 4) is 0 Å². The SMILES string of the molecule is CC(=O)OC=CC[C@@H](O[Si](C)(C)C(C)(C)C)C(C)OC(=O)C(C)(C)C. The number of hydrogen-bond donors (Lipinski definition) is 0. The molecule has 0 aromatic heterocycles. The molecule has 1 unspecified atom stereocenters. The molecular formula is C19H36O5Si. The van der Waals surface area contributed by atoms with Crippen LogP contribution in [-0.4, -0.2) is 32.5 Å². The molecule has 2 atom stereocenters. The van der Waals surface area contributed by atoms with E-state index in [1.807, 2.05) is 27.7 Å². The van der Waals surface area contributed by atoms with E-state index in [4.69, 9.17) is 13.9 Å². The molecule has 0 amide bonds. The Morgan fingerprint density at radius 3 is 2.00 bits per heavy atom. The Balaban J connectivity index is 5.21. The first-order valence-corrected chi connectivity index (χ1v) is 11.7. The molecule has 0 aromatic carbocycles. The molecule has 0 saturated carbocycles. The molecule has 0 aliphatic carbocycles. The molecule has 0 heterocycles. The predicted octanol–water partition coefficient (Wildman–Crippen LogP) is 4.82. The lowest BCUT2D eigenvalue weighted by Crippen LogP contribution is -2.47. The first kappa shape index (κ1) is 23.9. The van der Waals surface area contributed by atoms with Gasteiger partial charge in [-0.05, 0) is 58.3 Å². The van der Waals surface area contributed by atoms with E-state index >= 15 is 0 Å². The lowest BCUT2D eigenvalue weighted by Gasteiger charge is -2.40. The van der Waals surface area contributed by atoms with Gasteiger partial charge in [-0.3, -0.25) is 9.59 Å². The van der Waals surface area contributed by atoms with E-state index in [-0.39, 0.29) is 23.1 Å². The summed E-state index contributed by atoms with van der Waals surface area (Å²) in [5.74, 6) is -0.627. The van der Waals surface area contributed by atoms with Crippen LogP contribution in [0.4, 0.5) is 0 Å². The van der Waals surface area contributed by atoms with Crippen molar-refractivity contribution in [2.75, 3.05) is 0 Å². The zero-order valence-corrected chi connectivity index (χ0v) is 18.6. The number of carbonyl (C=O) groups excluding carboxylic acids is 2. The number of ether oxygens (including phenoxy) is 2. The monoisotopic (exact) mass is 372 g/mol. The molecular weight excluding hydrogens is 336 g/mol. The van der Waals surface area contributed by atoms with Crippen molar-refractivity contribution in [2.24, 2.45) is 5.41 Å². The van der Waals surface area contributed by atoms with Gasteiger partial charge >= 0.3 is 11.9 Å². The van der Waals surface area contributed by atoms with Crippen molar-refractivity contribution in [3.05, 3.63) is 12.3 Å². The summed E-state index contributed by atoms with van der Waals surface area (Å²) in [5.41, 5.74) is -0.566. The fraction of sp³-hybridized carbons (Fsp3) is 0.789. The molecule has 0 rings (SSSR count). The second kappa shape index (κ2) is 8.99. The second-order valence-corrected chi connectivity index (χ2v) is 13.8. The van der Waals surface area contributed by atoms with Crippen LogP contribution in [0.2, 0.25) is 18.1 Å². The maximum absolute atomic E-state index is 12.2. The standard InChI is InChI=1S/C19H36O5Si/c1-14(23-17(21)18(3,4)5)16(12-11-13-22-15(2)20)24-25(9,10)19(6,7)8/h11,13-14,16H,12H2,1-10H3/t14?,16-/m1/s1. The molecule has 0 saturated heterocycles. The van der Waals surface area contributed by atoms with Crippen LogP contribution in [0.1, 0.15) is 61.8 Å². The number of hydrogen-bond acceptors (Lipinski definition) is 5. The maximum atomic E-state index is 12.2. The van der Waals surface area contributed by atoms with Crippen LogP contribution in [-0.2, 0) is 23.5 Å². The molecule has 0 aliphatic rings. The average Bonchev–Trinajstić information content (AvgIpc) is 2.39. The fourth-order valence-corrected chi connectivity index (χ4v) is 3.04. The van der Waals surface area contributed by atoms with Gasteiger partial charge in [-0.1, -0.05) is 20.8 Å². The van der Waals surface area contributed by atoms with E-state index in [0.717, 1.165) is 0 Å². The molecule has 0 fully saturated rings. The van der Waals surface area contributed by atoms with E-state index < -0.39 is 19.8 Å². The molecule has 25 heavy (non-hydrogen) atoms. The third-order valence-corrected chi connectivity index (χ3v) is 8.88. The van der Waals surface area contributed by atoms with E-state index in [2.05, 4.69) is 33.9 Å². The van der Waals surface area contributed by atoms with Crippen LogP contribution in [0.5, 0.6) is 0 Å². The quantitative estimate of drug-likeness (QED) is 0.364. The topological polar surface area (TPSA) is 61.8 Å². The van der Waals surface area contributed by atoms with Crippen molar-refractivity contribution in [1.29, 1.82) is 0 Å². The van der Waals surface area contributed by atoms with Gasteiger partial charge in [-0.2, -0.15) is 0 Å². The molecule has 146 valence electrons. The largest absolute Gasteiger partial charge is 0.460 e. The Bertz CT molecular complexity index is 483. The van der Waals surface area contributed by atoms with E-state index in [0.29, 0.717) is 6.42 Å². The summed E-state index contributed by atoms with van der Waals surface area (Å²) in [6.45, 7) is 19.5. The Labute approximate surface area is 154 Å². The fourth-order valence-electron chi connectivity index (χ4n) is 1.65. The van der Waals surface area contributed by atoms with Gasteiger partial charge in [-0.15, -0.1) is 0 Å². The molecule has 5 nitrogen and oxygen atoms in total. The lowest BCUT2D eigenvalue weighted by atomic mass is 9.97. The highest BCUT2D eigenvalue weighted by atomic mass is 28.4. The Hall–Kier alpha value is -1.14. The van der Waals surface area contributed by atoms with Crippen LogP contribution in [0.25, 0.3) is 0 Å². The van der Waals surface area contributed by atoms with Gasteiger partial charge < -0.3 is 13.9 Å². The zero-order chi connectivity index (χ0) is 20.1. The third kappa shape index (κ3) is 8.67. The third-order valence-electron chi connectivity index (χ3n) is 4.38. The van der Waals surface area contributed by atoms with E-state index in [9.17, 15) is 9.59 Å². The number of rotatable bonds is 7. The number of esters is 2. The minimum Gasteiger partial charge on any atom is -0.460 e. The van der Waals surface area contributed by atoms with Crippen molar-refractivity contribution in [3.63, 3.8) is 0 Å². The summed E-state index contributed by atoms with van der Waals surface area (Å²) in [6.07, 6.45) is 2.91. The van der Waals surface area contributed by atoms with Gasteiger partial charge in [0.25, 0.3) is 0 Å². The van der Waals surface area contributed by atoms with Crippen LogP contribution in [0.3, 0.4) is 0 Å². The summed E-state index contributed by atoms with van der Waals surface area (Å²) >= 11 is 0. The van der Waals surface area contributed by atoms with Gasteiger partial charge in [-0.25, -0.2) is 0 Å². The van der Waals surface area contributed by atoms with E-state index in [1.54, 1.807) is 6.08 Å². The lowest BCUT2D eigenvalue weighted by molar-refractivity contribution is -0.162. The van der Waals surface area contributed by atoms with Crippen molar-refractivity contribution >= 4 is 20.3 Å². The Morgan fingerprint density at radius 2 is 1.60 bits per heavy atom. The highest BCUT2D eigenvalue weighted by molar-refractivity contribution is 6.74. The van der Waals surface area contributed by atoms with Gasteiger partial charge in [0.2, 0.25) is 0 Å². The summed E-state index contributed by atoms with van der Waals surface area (Å²) in [6, 6.07) is 0. The minimum atomic E-state index is -2.04. The van der Waals surface area contributed by atoms with Crippen LogP contribution in [0, 0.1) is 5.41 Å². The van der Waals surface area contributed by atoms with Gasteiger partial charge in [0, 0.05) is 6.92 Å². The molecule has 0 N–H and O–H groups in total. The van der Waals surface area contributed by atoms with Crippen molar-refractivity contribution < 1.29 is 23.5 Å². The maximum Gasteiger partial charge on any atom is 0.311 e. The molecule has 0 aliphatic heterocycles. The predicted molar refractivity (Wildman–Crippen MR) is 103 cm³/mol. The Kier molecular flexibility index (Phi) is 8.58. The highest BCUT2D eigenvalue weighted by Gasteiger charge is 2.41. The second-order valence-electron chi connectivity index (χ2n) is 8.99. The van der Waals surface area contributed by atoms with Gasteiger partial charge in [0.15, 0.2) is 8.32 Å². The van der Waals surface area contributed by atoms with Crippen LogP contribution < -0.4 is 0 Å². The summed E-state index contributed by atoms with van der Waals surface area (Å²) in [4.78, 5) is 23.1. The van der Waals surface area contributed by atoms with Crippen molar-refractivity contribution in [1.82, 2.24) is 0 Å².